The number of aliphatic hydroxyl groups excluding tert-OH is 1. The minimum Gasteiger partial charge on any atom is -0.481 e. The second-order valence-electron chi connectivity index (χ2n) is 4.96. The molecule has 0 aromatic rings. The Bertz CT molecular complexity index is 461. The molecule has 10 nitrogen and oxygen atoms in total. The molecule has 0 spiro atoms. The number of nitrogens with one attached hydrogen (secondary N) is 2. The van der Waals surface area contributed by atoms with Crippen LogP contribution in [-0.4, -0.2) is 75.8 Å². The number of carbonyl (C=O) groups is 4. The monoisotopic (exact) mass is 365 g/mol. The Labute approximate surface area is 143 Å². The summed E-state index contributed by atoms with van der Waals surface area (Å²) < 4.78 is 0. The zero-order valence-corrected chi connectivity index (χ0v) is 14.0. The summed E-state index contributed by atoms with van der Waals surface area (Å²) in [6.07, 6.45) is 1.64. The first-order chi connectivity index (χ1) is 11.2. The number of carboxylic acids is 2. The summed E-state index contributed by atoms with van der Waals surface area (Å²) in [5.74, 6) is -3.45. The molecule has 0 aliphatic carbocycles. The van der Waals surface area contributed by atoms with Gasteiger partial charge >= 0.3 is 11.9 Å². The molecule has 0 saturated heterocycles. The quantitative estimate of drug-likeness (QED) is 0.227. The van der Waals surface area contributed by atoms with Gasteiger partial charge in [0.2, 0.25) is 11.8 Å². The van der Waals surface area contributed by atoms with Gasteiger partial charge in [0, 0.05) is 6.42 Å². The van der Waals surface area contributed by atoms with E-state index < -0.39 is 48.5 Å². The third-order valence-electron chi connectivity index (χ3n) is 3.05. The zero-order valence-electron chi connectivity index (χ0n) is 13.2. The van der Waals surface area contributed by atoms with Crippen molar-refractivity contribution in [3.8, 4) is 0 Å². The van der Waals surface area contributed by atoms with Crippen LogP contribution in [-0.2, 0) is 19.2 Å². The van der Waals surface area contributed by atoms with E-state index in [0.717, 1.165) is 0 Å². The highest BCUT2D eigenvalue weighted by Gasteiger charge is 2.27. The van der Waals surface area contributed by atoms with E-state index in [2.05, 4.69) is 10.6 Å². The van der Waals surface area contributed by atoms with Gasteiger partial charge in [-0.2, -0.15) is 11.8 Å². The number of aliphatic carboxylic acids is 2. The summed E-state index contributed by atoms with van der Waals surface area (Å²) in [5, 5.41) is 30.8. The van der Waals surface area contributed by atoms with Crippen LogP contribution in [0.4, 0.5) is 0 Å². The van der Waals surface area contributed by atoms with E-state index in [0.29, 0.717) is 5.75 Å². The summed E-state index contributed by atoms with van der Waals surface area (Å²) in [4.78, 5) is 45.4. The molecule has 0 bridgehead atoms. The third kappa shape index (κ3) is 8.70. The average Bonchev–Trinajstić information content (AvgIpc) is 2.52. The van der Waals surface area contributed by atoms with E-state index in [1.165, 1.54) is 11.8 Å². The Morgan fingerprint density at radius 1 is 1.04 bits per heavy atom. The van der Waals surface area contributed by atoms with Crippen LogP contribution in [0.25, 0.3) is 0 Å². The Morgan fingerprint density at radius 3 is 2.08 bits per heavy atom. The van der Waals surface area contributed by atoms with Crippen LogP contribution < -0.4 is 16.4 Å². The maximum absolute atomic E-state index is 12.1. The lowest BCUT2D eigenvalue weighted by Gasteiger charge is -2.22. The van der Waals surface area contributed by atoms with Gasteiger partial charge in [-0.25, -0.2) is 4.79 Å². The molecule has 0 fully saturated rings. The molecule has 0 radical (unpaired) electrons. The molecule has 7 N–H and O–H groups in total. The van der Waals surface area contributed by atoms with Gasteiger partial charge in [0.1, 0.15) is 12.1 Å². The van der Waals surface area contributed by atoms with Crippen molar-refractivity contribution >= 4 is 35.5 Å². The fourth-order valence-corrected chi connectivity index (χ4v) is 2.12. The fraction of sp³-hybridized carbons (Fsp3) is 0.692. The van der Waals surface area contributed by atoms with Gasteiger partial charge in [-0.05, 0) is 24.9 Å². The third-order valence-corrected chi connectivity index (χ3v) is 3.69. The minimum atomic E-state index is -1.48. The SMILES string of the molecule is CSCC[C@H](NC(=O)[C@@H](N)CCC(=O)O)C(=O)N[C@@H](CO)C(=O)O. The lowest BCUT2D eigenvalue weighted by molar-refractivity contribution is -0.143. The van der Waals surface area contributed by atoms with Crippen LogP contribution in [0.1, 0.15) is 19.3 Å². The number of thioether (sulfide) groups is 1. The van der Waals surface area contributed by atoms with Crippen molar-refractivity contribution in [2.24, 2.45) is 5.73 Å². The molecule has 2 amide bonds. The molecule has 3 atom stereocenters. The maximum atomic E-state index is 12.1. The van der Waals surface area contributed by atoms with Gasteiger partial charge in [-0.1, -0.05) is 0 Å². The van der Waals surface area contributed by atoms with Crippen molar-refractivity contribution in [1.29, 1.82) is 0 Å². The molecule has 0 unspecified atom stereocenters. The van der Waals surface area contributed by atoms with E-state index in [-0.39, 0.29) is 19.3 Å². The van der Waals surface area contributed by atoms with Gasteiger partial charge in [0.05, 0.1) is 12.6 Å². The smallest absolute Gasteiger partial charge is 0.328 e. The number of carbonyl (C=O) groups excluding carboxylic acids is 2. The number of aliphatic hydroxyl groups is 1. The largest absolute Gasteiger partial charge is 0.481 e. The van der Waals surface area contributed by atoms with Crippen molar-refractivity contribution in [3.63, 3.8) is 0 Å². The number of hydrogen-bond acceptors (Lipinski definition) is 7. The van der Waals surface area contributed by atoms with Gasteiger partial charge < -0.3 is 31.7 Å². The summed E-state index contributed by atoms with van der Waals surface area (Å²) in [6, 6.07) is -3.61. The van der Waals surface area contributed by atoms with Crippen molar-refractivity contribution in [1.82, 2.24) is 10.6 Å². The number of nitrogens with two attached hydrogens (primary N) is 1. The number of hydrogen-bond donors (Lipinski definition) is 6. The molecule has 24 heavy (non-hydrogen) atoms. The lowest BCUT2D eigenvalue weighted by Crippen LogP contribution is -2.55. The molecule has 11 heteroatoms. The van der Waals surface area contributed by atoms with E-state index in [9.17, 15) is 19.2 Å². The standard InChI is InChI=1S/C13H23N3O7S/c1-24-5-4-8(12(21)16-9(6-17)13(22)23)15-11(20)7(14)2-3-10(18)19/h7-9,17H,2-6,14H2,1H3,(H,15,20)(H,16,21)(H,18,19)(H,22,23)/t7-,8-,9-/m0/s1. The molecule has 0 aromatic carbocycles. The molecule has 0 aromatic heterocycles. The highest BCUT2D eigenvalue weighted by Crippen LogP contribution is 2.03. The molecular weight excluding hydrogens is 342 g/mol. The fourth-order valence-electron chi connectivity index (χ4n) is 1.65. The Kier molecular flexibility index (Phi) is 10.8. The van der Waals surface area contributed by atoms with Crippen LogP contribution in [0.3, 0.4) is 0 Å². The van der Waals surface area contributed by atoms with Gasteiger partial charge in [0.25, 0.3) is 0 Å². The molecule has 0 saturated carbocycles. The van der Waals surface area contributed by atoms with E-state index in [1.54, 1.807) is 6.26 Å². The summed E-state index contributed by atoms with van der Waals surface area (Å²) in [5.41, 5.74) is 5.57. The molecule has 0 aliphatic rings. The molecule has 0 aliphatic heterocycles. The lowest BCUT2D eigenvalue weighted by atomic mass is 10.1. The summed E-state index contributed by atoms with van der Waals surface area (Å²) >= 11 is 1.42. The second kappa shape index (κ2) is 11.6. The highest BCUT2D eigenvalue weighted by atomic mass is 32.2. The minimum absolute atomic E-state index is 0.0908. The van der Waals surface area contributed by atoms with Crippen LogP contribution in [0.15, 0.2) is 0 Å². The van der Waals surface area contributed by atoms with Crippen molar-refractivity contribution in [2.45, 2.75) is 37.4 Å². The summed E-state index contributed by atoms with van der Waals surface area (Å²) in [6.45, 7) is -0.789. The summed E-state index contributed by atoms with van der Waals surface area (Å²) in [7, 11) is 0. The predicted octanol–water partition coefficient (Wildman–Crippen LogP) is -2.02. The Hall–Kier alpha value is -1.85. The maximum Gasteiger partial charge on any atom is 0.328 e. The van der Waals surface area contributed by atoms with Crippen LogP contribution in [0, 0.1) is 0 Å². The average molecular weight is 365 g/mol. The van der Waals surface area contributed by atoms with E-state index in [4.69, 9.17) is 21.1 Å². The van der Waals surface area contributed by atoms with E-state index in [1.807, 2.05) is 0 Å². The number of amides is 2. The van der Waals surface area contributed by atoms with Crippen molar-refractivity contribution in [2.75, 3.05) is 18.6 Å². The first-order valence-electron chi connectivity index (χ1n) is 7.13. The number of carboxylic acid groups (broad SMARTS) is 2. The van der Waals surface area contributed by atoms with Crippen molar-refractivity contribution in [3.05, 3.63) is 0 Å². The zero-order chi connectivity index (χ0) is 18.7. The normalized spacial score (nSPS) is 14.3. The van der Waals surface area contributed by atoms with Crippen molar-refractivity contribution < 1.29 is 34.5 Å². The van der Waals surface area contributed by atoms with Gasteiger partial charge in [0.15, 0.2) is 0 Å². The number of rotatable bonds is 12. The second-order valence-corrected chi connectivity index (χ2v) is 5.95. The predicted molar refractivity (Wildman–Crippen MR) is 86.4 cm³/mol. The Balaban J connectivity index is 4.79. The van der Waals surface area contributed by atoms with Gasteiger partial charge in [-0.15, -0.1) is 0 Å². The molecule has 0 heterocycles. The topological polar surface area (TPSA) is 179 Å². The highest BCUT2D eigenvalue weighted by molar-refractivity contribution is 7.98. The Morgan fingerprint density at radius 2 is 1.62 bits per heavy atom. The van der Waals surface area contributed by atoms with Crippen LogP contribution >= 0.6 is 11.8 Å². The molecule has 138 valence electrons. The van der Waals surface area contributed by atoms with Gasteiger partial charge in [-0.3, -0.25) is 14.4 Å². The van der Waals surface area contributed by atoms with Crippen LogP contribution in [0.5, 0.6) is 0 Å². The molecular formula is C13H23N3O7S. The first kappa shape index (κ1) is 22.1. The first-order valence-corrected chi connectivity index (χ1v) is 8.53. The van der Waals surface area contributed by atoms with E-state index >= 15 is 0 Å². The van der Waals surface area contributed by atoms with Crippen LogP contribution in [0.2, 0.25) is 0 Å². The molecule has 0 rings (SSSR count).